The number of nitrogens with zero attached hydrogens (tertiary/aromatic N) is 1. The maximum Gasteiger partial charge on any atom is 0.143 e. The third kappa shape index (κ3) is 4.38. The van der Waals surface area contributed by atoms with Crippen LogP contribution in [0.5, 0.6) is 5.75 Å². The molecule has 0 fully saturated rings. The molecule has 0 saturated carbocycles. The minimum atomic E-state index is -0.118. The molecular formula is C23H30FNO. The van der Waals surface area contributed by atoms with Crippen molar-refractivity contribution in [2.24, 2.45) is 0 Å². The van der Waals surface area contributed by atoms with Crippen molar-refractivity contribution < 1.29 is 9.13 Å². The Morgan fingerprint density at radius 3 is 2.77 bits per heavy atom. The van der Waals surface area contributed by atoms with E-state index in [0.29, 0.717) is 6.61 Å². The van der Waals surface area contributed by atoms with Crippen LogP contribution in [0, 0.1) is 5.82 Å². The van der Waals surface area contributed by atoms with Crippen LogP contribution in [-0.2, 0) is 19.4 Å². The molecular weight excluding hydrogens is 325 g/mol. The summed E-state index contributed by atoms with van der Waals surface area (Å²) < 4.78 is 20.3. The lowest BCUT2D eigenvalue weighted by atomic mass is 10.0. The molecule has 0 atom stereocenters. The molecule has 0 spiro atoms. The van der Waals surface area contributed by atoms with E-state index in [1.807, 2.05) is 18.2 Å². The highest BCUT2D eigenvalue weighted by Crippen LogP contribution is 2.37. The van der Waals surface area contributed by atoms with E-state index in [1.165, 1.54) is 30.5 Å². The summed E-state index contributed by atoms with van der Waals surface area (Å²) in [4.78, 5) is 2.46. The summed E-state index contributed by atoms with van der Waals surface area (Å²) in [6, 6.07) is 11.8. The molecule has 1 aliphatic heterocycles. The van der Waals surface area contributed by atoms with Crippen molar-refractivity contribution in [3.63, 3.8) is 0 Å². The topological polar surface area (TPSA) is 12.5 Å². The highest BCUT2D eigenvalue weighted by atomic mass is 19.1. The van der Waals surface area contributed by atoms with Crippen LogP contribution in [0.15, 0.2) is 36.4 Å². The fraction of sp³-hybridized carbons (Fsp3) is 0.478. The van der Waals surface area contributed by atoms with Gasteiger partial charge in [-0.05, 0) is 54.5 Å². The number of unbranched alkanes of at least 4 members (excludes halogenated alkanes) is 1. The van der Waals surface area contributed by atoms with Crippen LogP contribution in [0.3, 0.4) is 0 Å². The van der Waals surface area contributed by atoms with E-state index in [-0.39, 0.29) is 5.82 Å². The lowest BCUT2D eigenvalue weighted by Crippen LogP contribution is -2.30. The molecule has 3 heteroatoms. The van der Waals surface area contributed by atoms with E-state index < -0.39 is 0 Å². The minimum absolute atomic E-state index is 0.118. The lowest BCUT2D eigenvalue weighted by molar-refractivity contribution is 0.305. The van der Waals surface area contributed by atoms with E-state index in [2.05, 4.69) is 30.9 Å². The average molecular weight is 355 g/mol. The SMILES string of the molecule is CCCCN1CCCc2cccc(OCc3ccc(CCC)c(F)c3)c21. The van der Waals surface area contributed by atoms with Crippen LogP contribution in [0.1, 0.15) is 56.2 Å². The zero-order valence-corrected chi connectivity index (χ0v) is 16.1. The second-order valence-electron chi connectivity index (χ2n) is 7.17. The van der Waals surface area contributed by atoms with Gasteiger partial charge >= 0.3 is 0 Å². The molecule has 3 rings (SSSR count). The molecule has 140 valence electrons. The van der Waals surface area contributed by atoms with Crippen molar-refractivity contribution in [3.05, 3.63) is 58.9 Å². The van der Waals surface area contributed by atoms with Crippen LogP contribution >= 0.6 is 0 Å². The Labute approximate surface area is 157 Å². The van der Waals surface area contributed by atoms with E-state index in [4.69, 9.17) is 4.74 Å². The van der Waals surface area contributed by atoms with Gasteiger partial charge in [0.25, 0.3) is 0 Å². The van der Waals surface area contributed by atoms with Gasteiger partial charge in [-0.25, -0.2) is 4.39 Å². The van der Waals surface area contributed by atoms with Gasteiger partial charge in [0.2, 0.25) is 0 Å². The quantitative estimate of drug-likeness (QED) is 0.583. The fourth-order valence-corrected chi connectivity index (χ4v) is 3.70. The maximum absolute atomic E-state index is 14.2. The number of aryl methyl sites for hydroxylation is 2. The number of anilines is 1. The Bertz CT molecular complexity index is 728. The zero-order valence-electron chi connectivity index (χ0n) is 16.1. The van der Waals surface area contributed by atoms with Crippen molar-refractivity contribution >= 4 is 5.69 Å². The first-order valence-electron chi connectivity index (χ1n) is 9.99. The molecule has 2 aromatic rings. The summed E-state index contributed by atoms with van der Waals surface area (Å²) in [7, 11) is 0. The largest absolute Gasteiger partial charge is 0.487 e. The lowest BCUT2D eigenvalue weighted by Gasteiger charge is -2.33. The summed E-state index contributed by atoms with van der Waals surface area (Å²) in [6.45, 7) is 6.86. The van der Waals surface area contributed by atoms with Crippen LogP contribution < -0.4 is 9.64 Å². The van der Waals surface area contributed by atoms with Crippen molar-refractivity contribution in [2.45, 2.75) is 59.0 Å². The summed E-state index contributed by atoms with van der Waals surface area (Å²) in [5.74, 6) is 0.809. The number of benzene rings is 2. The molecule has 0 bridgehead atoms. The van der Waals surface area contributed by atoms with Gasteiger partial charge in [-0.2, -0.15) is 0 Å². The molecule has 0 saturated heterocycles. The molecule has 0 amide bonds. The van der Waals surface area contributed by atoms with Crippen molar-refractivity contribution in [1.29, 1.82) is 0 Å². The first-order chi connectivity index (χ1) is 12.7. The van der Waals surface area contributed by atoms with Gasteiger partial charge in [-0.3, -0.25) is 0 Å². The summed E-state index contributed by atoms with van der Waals surface area (Å²) >= 11 is 0. The van der Waals surface area contributed by atoms with Gasteiger partial charge in [0, 0.05) is 13.1 Å². The average Bonchev–Trinajstić information content (AvgIpc) is 2.66. The van der Waals surface area contributed by atoms with Gasteiger partial charge in [-0.1, -0.05) is 51.0 Å². The van der Waals surface area contributed by atoms with Gasteiger partial charge in [0.15, 0.2) is 0 Å². The summed E-state index contributed by atoms with van der Waals surface area (Å²) in [6.07, 6.45) is 6.43. The predicted octanol–water partition coefficient (Wildman–Crippen LogP) is 5.91. The summed E-state index contributed by atoms with van der Waals surface area (Å²) in [5, 5.41) is 0. The minimum Gasteiger partial charge on any atom is -0.487 e. The van der Waals surface area contributed by atoms with Crippen LogP contribution in [0.2, 0.25) is 0 Å². The molecule has 0 aromatic heterocycles. The Hall–Kier alpha value is -2.03. The Morgan fingerprint density at radius 1 is 1.12 bits per heavy atom. The van der Waals surface area contributed by atoms with Crippen LogP contribution in [0.4, 0.5) is 10.1 Å². The van der Waals surface area contributed by atoms with Crippen molar-refractivity contribution in [1.82, 2.24) is 0 Å². The fourth-order valence-electron chi connectivity index (χ4n) is 3.70. The number of rotatable bonds is 8. The molecule has 1 heterocycles. The Morgan fingerprint density at radius 2 is 2.00 bits per heavy atom. The molecule has 26 heavy (non-hydrogen) atoms. The molecule has 0 N–H and O–H groups in total. The zero-order chi connectivity index (χ0) is 18.4. The summed E-state index contributed by atoms with van der Waals surface area (Å²) in [5.41, 5.74) is 4.29. The highest BCUT2D eigenvalue weighted by molar-refractivity contribution is 5.65. The first-order valence-corrected chi connectivity index (χ1v) is 9.99. The number of hydrogen-bond acceptors (Lipinski definition) is 2. The number of hydrogen-bond donors (Lipinski definition) is 0. The molecule has 2 nitrogen and oxygen atoms in total. The van der Waals surface area contributed by atoms with E-state index in [1.54, 1.807) is 6.07 Å². The molecule has 0 aliphatic carbocycles. The first kappa shape index (κ1) is 18.8. The number of para-hydroxylation sites is 1. The molecule has 2 aromatic carbocycles. The van der Waals surface area contributed by atoms with Gasteiger partial charge < -0.3 is 9.64 Å². The Kier molecular flexibility index (Phi) is 6.54. The standard InChI is InChI=1S/C23H30FNO/c1-3-5-14-25-15-7-10-20-9-6-11-22(23(20)25)26-17-18-12-13-19(8-4-2)21(24)16-18/h6,9,11-13,16H,3-5,7-8,10,14-15,17H2,1-2H3. The monoisotopic (exact) mass is 355 g/mol. The smallest absolute Gasteiger partial charge is 0.143 e. The second kappa shape index (κ2) is 9.07. The number of fused-ring (bicyclic) bond motifs is 1. The van der Waals surface area contributed by atoms with Crippen LogP contribution in [0.25, 0.3) is 0 Å². The normalized spacial score (nSPS) is 13.6. The van der Waals surface area contributed by atoms with Crippen molar-refractivity contribution in [2.75, 3.05) is 18.0 Å². The third-order valence-corrected chi connectivity index (χ3v) is 5.09. The van der Waals surface area contributed by atoms with E-state index >= 15 is 0 Å². The van der Waals surface area contributed by atoms with Gasteiger partial charge in [0.1, 0.15) is 18.2 Å². The Balaban J connectivity index is 1.75. The molecule has 0 radical (unpaired) electrons. The third-order valence-electron chi connectivity index (χ3n) is 5.09. The number of ether oxygens (including phenoxy) is 1. The molecule has 1 aliphatic rings. The van der Waals surface area contributed by atoms with Gasteiger partial charge in [-0.15, -0.1) is 0 Å². The van der Waals surface area contributed by atoms with Crippen LogP contribution in [-0.4, -0.2) is 13.1 Å². The van der Waals surface area contributed by atoms with E-state index in [0.717, 1.165) is 49.2 Å². The maximum atomic E-state index is 14.2. The van der Waals surface area contributed by atoms with Gasteiger partial charge in [0.05, 0.1) is 5.69 Å². The number of halogens is 1. The highest BCUT2D eigenvalue weighted by Gasteiger charge is 2.20. The van der Waals surface area contributed by atoms with Crippen molar-refractivity contribution in [3.8, 4) is 5.75 Å². The van der Waals surface area contributed by atoms with E-state index in [9.17, 15) is 4.39 Å². The second-order valence-corrected chi connectivity index (χ2v) is 7.17. The molecule has 0 unspecified atom stereocenters. The predicted molar refractivity (Wildman–Crippen MR) is 107 cm³/mol.